The predicted octanol–water partition coefficient (Wildman–Crippen LogP) is 2.54. The topological polar surface area (TPSA) is 91.8 Å². The van der Waals surface area contributed by atoms with Gasteiger partial charge in [-0.3, -0.25) is 9.69 Å². The first-order valence-corrected chi connectivity index (χ1v) is 13.6. The van der Waals surface area contributed by atoms with Crippen LogP contribution in [-0.2, 0) is 26.2 Å². The molecule has 0 N–H and O–H groups in total. The Kier molecular flexibility index (Phi) is 8.61. The summed E-state index contributed by atoms with van der Waals surface area (Å²) in [6.45, 7) is 2.03. The van der Waals surface area contributed by atoms with Crippen LogP contribution in [-0.4, -0.2) is 71.2 Å². The van der Waals surface area contributed by atoms with Gasteiger partial charge in [-0.1, -0.05) is 0 Å². The largest absolute Gasteiger partial charge is 0.337 e. The van der Waals surface area contributed by atoms with Gasteiger partial charge in [-0.15, -0.1) is 12.4 Å². The van der Waals surface area contributed by atoms with Gasteiger partial charge in [-0.25, -0.2) is 25.6 Å². The number of hydrogen-bond donors (Lipinski definition) is 0. The Morgan fingerprint density at radius 1 is 0.818 bits per heavy atom. The smallest absolute Gasteiger partial charge is 0.253 e. The first kappa shape index (κ1) is 27.2. The number of rotatable bonds is 5. The average molecular weight is 523 g/mol. The number of carbonyl (C=O) groups excluding carboxylic acids is 1. The molecule has 0 unspecified atom stereocenters. The van der Waals surface area contributed by atoms with E-state index < -0.39 is 37.2 Å². The molecule has 12 heteroatoms. The van der Waals surface area contributed by atoms with Gasteiger partial charge in [-0.05, 0) is 42.3 Å². The highest BCUT2D eigenvalue weighted by molar-refractivity contribution is 7.91. The van der Waals surface area contributed by atoms with Crippen molar-refractivity contribution < 1.29 is 30.4 Å². The quantitative estimate of drug-likeness (QED) is 0.599. The van der Waals surface area contributed by atoms with Crippen molar-refractivity contribution in [3.63, 3.8) is 0 Å². The maximum Gasteiger partial charge on any atom is 0.253 e. The average Bonchev–Trinajstić information content (AvgIpc) is 2.90. The summed E-state index contributed by atoms with van der Waals surface area (Å²) >= 11 is 0. The van der Waals surface area contributed by atoms with E-state index in [-0.39, 0.29) is 27.8 Å². The fraction of sp³-hybridized carbons (Fsp3) is 0.381. The zero-order valence-corrected chi connectivity index (χ0v) is 20.6. The van der Waals surface area contributed by atoms with E-state index in [4.69, 9.17) is 0 Å². The number of nitrogens with zero attached hydrogens (tertiary/aromatic N) is 2. The molecule has 0 aromatic heterocycles. The summed E-state index contributed by atoms with van der Waals surface area (Å²) in [7, 11) is -7.47. The zero-order valence-electron chi connectivity index (χ0n) is 18.1. The van der Waals surface area contributed by atoms with E-state index in [1.54, 1.807) is 0 Å². The molecule has 33 heavy (non-hydrogen) atoms. The van der Waals surface area contributed by atoms with Crippen LogP contribution in [0.1, 0.15) is 22.3 Å². The van der Waals surface area contributed by atoms with Gasteiger partial charge < -0.3 is 4.90 Å². The third-order valence-corrected chi connectivity index (χ3v) is 7.37. The summed E-state index contributed by atoms with van der Waals surface area (Å²) < 4.78 is 74.9. The van der Waals surface area contributed by atoms with E-state index >= 15 is 0 Å². The molecule has 1 fully saturated rings. The highest BCUT2D eigenvalue weighted by atomic mass is 35.5. The normalized spacial score (nSPS) is 15.6. The minimum Gasteiger partial charge on any atom is -0.337 e. The number of halogens is 3. The molecule has 0 spiro atoms. The summed E-state index contributed by atoms with van der Waals surface area (Å²) in [5.41, 5.74) is 0.468. The lowest BCUT2D eigenvalue weighted by atomic mass is 10.2. The summed E-state index contributed by atoms with van der Waals surface area (Å²) in [6, 6.07) is 6.75. The molecule has 1 amide bonds. The lowest BCUT2D eigenvalue weighted by Gasteiger charge is -2.22. The first-order chi connectivity index (χ1) is 14.8. The van der Waals surface area contributed by atoms with Crippen molar-refractivity contribution in [1.82, 2.24) is 9.80 Å². The van der Waals surface area contributed by atoms with E-state index in [2.05, 4.69) is 0 Å². The van der Waals surface area contributed by atoms with Crippen LogP contribution < -0.4 is 0 Å². The van der Waals surface area contributed by atoms with Gasteiger partial charge in [0.2, 0.25) is 0 Å². The molecule has 2 aromatic rings. The number of sulfone groups is 2. The molecule has 182 valence electrons. The molecule has 1 heterocycles. The van der Waals surface area contributed by atoms with E-state index in [0.29, 0.717) is 44.7 Å². The van der Waals surface area contributed by atoms with Crippen molar-refractivity contribution in [3.8, 4) is 0 Å². The lowest BCUT2D eigenvalue weighted by molar-refractivity contribution is 0.0760. The minimum atomic E-state index is -3.73. The standard InChI is InChI=1S/C21H24F2N2O5S2.ClH/c1-31(27,28)19-10-16(11-20(13-19)32(2,29)30)21(26)25-5-3-4-24(6-7-25)14-15-8-17(22)12-18(23)9-15;/h8-13H,3-7,14H2,1-2H3;1H. The Balaban J connectivity index is 0.00000385. The molecular formula is C21H25ClF2N2O5S2. The monoisotopic (exact) mass is 522 g/mol. The Morgan fingerprint density at radius 2 is 1.36 bits per heavy atom. The van der Waals surface area contributed by atoms with Crippen LogP contribution in [0.5, 0.6) is 0 Å². The molecule has 1 saturated heterocycles. The summed E-state index contributed by atoms with van der Waals surface area (Å²) in [6.07, 6.45) is 2.48. The fourth-order valence-corrected chi connectivity index (χ4v) is 5.04. The molecule has 0 atom stereocenters. The zero-order chi connectivity index (χ0) is 23.7. The van der Waals surface area contributed by atoms with Crippen molar-refractivity contribution in [1.29, 1.82) is 0 Å². The minimum absolute atomic E-state index is 0. The molecule has 0 bridgehead atoms. The van der Waals surface area contributed by atoms with Gasteiger partial charge in [-0.2, -0.15) is 0 Å². The SMILES string of the molecule is CS(=O)(=O)c1cc(C(=O)N2CCCN(Cc3cc(F)cc(F)c3)CC2)cc(S(C)(=O)=O)c1.Cl. The molecular weight excluding hydrogens is 498 g/mol. The van der Waals surface area contributed by atoms with Gasteiger partial charge in [0.05, 0.1) is 9.79 Å². The van der Waals surface area contributed by atoms with E-state index in [1.165, 1.54) is 29.2 Å². The highest BCUT2D eigenvalue weighted by Crippen LogP contribution is 2.21. The van der Waals surface area contributed by atoms with Crippen LogP contribution in [0, 0.1) is 11.6 Å². The molecule has 0 saturated carbocycles. The molecule has 1 aliphatic rings. The Bertz CT molecular complexity index is 1180. The molecule has 3 rings (SSSR count). The molecule has 2 aromatic carbocycles. The van der Waals surface area contributed by atoms with Crippen molar-refractivity contribution in [3.05, 3.63) is 59.2 Å². The number of benzene rings is 2. The lowest BCUT2D eigenvalue weighted by Crippen LogP contribution is -2.35. The molecule has 7 nitrogen and oxygen atoms in total. The second-order valence-electron chi connectivity index (χ2n) is 7.94. The number of hydrogen-bond acceptors (Lipinski definition) is 6. The van der Waals surface area contributed by atoms with Gasteiger partial charge in [0.1, 0.15) is 11.6 Å². The number of carbonyl (C=O) groups is 1. The van der Waals surface area contributed by atoms with E-state index in [1.807, 2.05) is 4.90 Å². The highest BCUT2D eigenvalue weighted by Gasteiger charge is 2.24. The third kappa shape index (κ3) is 7.20. The van der Waals surface area contributed by atoms with Gasteiger partial charge in [0.25, 0.3) is 5.91 Å². The third-order valence-electron chi connectivity index (χ3n) is 5.19. The first-order valence-electron chi connectivity index (χ1n) is 9.85. The van der Waals surface area contributed by atoms with Crippen LogP contribution in [0.3, 0.4) is 0 Å². The molecule has 0 radical (unpaired) electrons. The summed E-state index contributed by atoms with van der Waals surface area (Å²) in [4.78, 5) is 16.1. The van der Waals surface area contributed by atoms with Crippen molar-refractivity contribution in [2.24, 2.45) is 0 Å². The van der Waals surface area contributed by atoms with Crippen LogP contribution in [0.25, 0.3) is 0 Å². The van der Waals surface area contributed by atoms with Gasteiger partial charge in [0.15, 0.2) is 19.7 Å². The second kappa shape index (κ2) is 10.5. The maximum absolute atomic E-state index is 13.5. The summed E-state index contributed by atoms with van der Waals surface area (Å²) in [5.74, 6) is -1.78. The van der Waals surface area contributed by atoms with Crippen LogP contribution in [0.15, 0.2) is 46.2 Å². The Labute approximate surface area is 198 Å². The van der Waals surface area contributed by atoms with Gasteiger partial charge >= 0.3 is 0 Å². The van der Waals surface area contributed by atoms with Crippen LogP contribution in [0.2, 0.25) is 0 Å². The fourth-order valence-electron chi connectivity index (χ4n) is 3.60. The predicted molar refractivity (Wildman–Crippen MR) is 122 cm³/mol. The van der Waals surface area contributed by atoms with E-state index in [9.17, 15) is 30.4 Å². The van der Waals surface area contributed by atoms with Crippen LogP contribution >= 0.6 is 12.4 Å². The Morgan fingerprint density at radius 3 is 1.88 bits per heavy atom. The van der Waals surface area contributed by atoms with Crippen LogP contribution in [0.4, 0.5) is 8.78 Å². The van der Waals surface area contributed by atoms with Gasteiger partial charge in [0, 0.05) is 56.9 Å². The molecule has 1 aliphatic heterocycles. The number of amides is 1. The van der Waals surface area contributed by atoms with E-state index in [0.717, 1.165) is 24.6 Å². The molecule has 0 aliphatic carbocycles. The Hall–Kier alpha value is -2.08. The van der Waals surface area contributed by atoms with Crippen molar-refractivity contribution >= 4 is 38.0 Å². The second-order valence-corrected chi connectivity index (χ2v) is 12.0. The van der Waals surface area contributed by atoms with Crippen molar-refractivity contribution in [2.75, 3.05) is 38.7 Å². The van der Waals surface area contributed by atoms with Crippen molar-refractivity contribution in [2.45, 2.75) is 22.8 Å². The maximum atomic E-state index is 13.5. The summed E-state index contributed by atoms with van der Waals surface area (Å²) in [5, 5.41) is 0.